The number of hydrogen-bond acceptors (Lipinski definition) is 3. The van der Waals surface area contributed by atoms with Crippen molar-refractivity contribution >= 4 is 7.82 Å². The van der Waals surface area contributed by atoms with Gasteiger partial charge in [0.05, 0.1) is 0 Å². The molecule has 2 aliphatic rings. The van der Waals surface area contributed by atoms with Crippen LogP contribution in [0.2, 0.25) is 0 Å². The molecule has 4 nitrogen and oxygen atoms in total. The molecule has 0 bridgehead atoms. The third-order valence-electron chi connectivity index (χ3n) is 4.89. The average molecular weight is 314 g/mol. The van der Waals surface area contributed by atoms with Gasteiger partial charge in [-0.25, -0.2) is 4.57 Å². The Hall–Kier alpha value is -0.730. The quantitative estimate of drug-likeness (QED) is 0.715. The molecule has 0 heterocycles. The van der Waals surface area contributed by atoms with Gasteiger partial charge in [0.15, 0.2) is 0 Å². The van der Waals surface area contributed by atoms with E-state index < -0.39 is 7.82 Å². The first kappa shape index (κ1) is 16.6. The Kier molecular flexibility index (Phi) is 5.21. The van der Waals surface area contributed by atoms with Gasteiger partial charge in [-0.05, 0) is 62.5 Å². The van der Waals surface area contributed by atoms with E-state index in [4.69, 9.17) is 9.05 Å². The topological polar surface area (TPSA) is 55.8 Å². The maximum absolute atomic E-state index is 12.3. The summed E-state index contributed by atoms with van der Waals surface area (Å²) in [6.07, 6.45) is 5.64. The molecule has 0 aromatic rings. The lowest BCUT2D eigenvalue weighted by Crippen LogP contribution is -2.11. The molecule has 0 aromatic heterocycles. The Labute approximate surface area is 127 Å². The summed E-state index contributed by atoms with van der Waals surface area (Å²) in [6.45, 7) is 8.20. The maximum Gasteiger partial charge on any atom is 0.584 e. The normalized spacial score (nSPS) is 30.1. The predicted molar refractivity (Wildman–Crippen MR) is 83.4 cm³/mol. The van der Waals surface area contributed by atoms with E-state index in [2.05, 4.69) is 13.8 Å². The van der Waals surface area contributed by atoms with Gasteiger partial charge < -0.3 is 9.05 Å². The SMILES string of the molecule is CC1=C(OP(=O)(O)OC2=C(C)C(C)CCC2)CCCC1C. The summed E-state index contributed by atoms with van der Waals surface area (Å²) < 4.78 is 23.1. The van der Waals surface area contributed by atoms with Crippen molar-refractivity contribution in [2.75, 3.05) is 0 Å². The summed E-state index contributed by atoms with van der Waals surface area (Å²) in [5.74, 6) is 2.09. The van der Waals surface area contributed by atoms with Crippen LogP contribution in [0.3, 0.4) is 0 Å². The van der Waals surface area contributed by atoms with E-state index >= 15 is 0 Å². The molecule has 0 radical (unpaired) electrons. The Balaban J connectivity index is 2.10. The summed E-state index contributed by atoms with van der Waals surface area (Å²) in [5, 5.41) is 0. The monoisotopic (exact) mass is 314 g/mol. The lowest BCUT2D eigenvalue weighted by Gasteiger charge is -2.27. The van der Waals surface area contributed by atoms with Crippen LogP contribution in [0.5, 0.6) is 0 Å². The van der Waals surface area contributed by atoms with Gasteiger partial charge in [-0.1, -0.05) is 13.8 Å². The minimum Gasteiger partial charge on any atom is -0.400 e. The minimum absolute atomic E-state index is 0.407. The van der Waals surface area contributed by atoms with E-state index in [1.54, 1.807) is 0 Å². The van der Waals surface area contributed by atoms with Crippen LogP contribution in [0, 0.1) is 11.8 Å². The summed E-state index contributed by atoms with van der Waals surface area (Å²) in [6, 6.07) is 0. The molecular formula is C16H27O4P. The van der Waals surface area contributed by atoms with Gasteiger partial charge in [-0.3, -0.25) is 4.89 Å². The molecule has 0 saturated heterocycles. The van der Waals surface area contributed by atoms with Crippen LogP contribution in [0.4, 0.5) is 0 Å². The van der Waals surface area contributed by atoms with Gasteiger partial charge in [0.1, 0.15) is 11.5 Å². The third kappa shape index (κ3) is 4.14. The highest BCUT2D eigenvalue weighted by Crippen LogP contribution is 2.52. The van der Waals surface area contributed by atoms with Gasteiger partial charge in [0.2, 0.25) is 0 Å². The Morgan fingerprint density at radius 2 is 1.33 bits per heavy atom. The smallest absolute Gasteiger partial charge is 0.400 e. The molecule has 0 saturated carbocycles. The molecule has 1 N–H and O–H groups in total. The summed E-state index contributed by atoms with van der Waals surface area (Å²) in [4.78, 5) is 10.1. The molecular weight excluding hydrogens is 287 g/mol. The summed E-state index contributed by atoms with van der Waals surface area (Å²) in [5.41, 5.74) is 2.14. The molecule has 21 heavy (non-hydrogen) atoms. The highest BCUT2D eigenvalue weighted by Gasteiger charge is 2.31. The number of allylic oxidation sites excluding steroid dienone is 4. The lowest BCUT2D eigenvalue weighted by atomic mass is 9.89. The van der Waals surface area contributed by atoms with Crippen molar-refractivity contribution in [1.82, 2.24) is 0 Å². The van der Waals surface area contributed by atoms with Crippen LogP contribution in [0.15, 0.2) is 22.7 Å². The van der Waals surface area contributed by atoms with E-state index in [-0.39, 0.29) is 0 Å². The van der Waals surface area contributed by atoms with Gasteiger partial charge in [-0.15, -0.1) is 0 Å². The van der Waals surface area contributed by atoms with Crippen molar-refractivity contribution in [3.8, 4) is 0 Å². The number of phosphoric ester groups is 1. The molecule has 2 atom stereocenters. The summed E-state index contributed by atoms with van der Waals surface area (Å²) in [7, 11) is -4.07. The molecule has 0 amide bonds. The average Bonchev–Trinajstić information content (AvgIpc) is 2.40. The van der Waals surface area contributed by atoms with Crippen LogP contribution in [0.1, 0.15) is 66.2 Å². The fourth-order valence-electron chi connectivity index (χ4n) is 3.05. The van der Waals surface area contributed by atoms with E-state index in [0.29, 0.717) is 23.4 Å². The second-order valence-corrected chi connectivity index (χ2v) is 7.75. The molecule has 0 aromatic carbocycles. The van der Waals surface area contributed by atoms with Crippen LogP contribution >= 0.6 is 7.82 Å². The number of phosphoric acid groups is 1. The first-order chi connectivity index (χ1) is 9.80. The van der Waals surface area contributed by atoms with Gasteiger partial charge >= 0.3 is 7.82 Å². The molecule has 2 aliphatic carbocycles. The number of rotatable bonds is 4. The minimum atomic E-state index is -4.07. The maximum atomic E-state index is 12.3. The fourth-order valence-corrected chi connectivity index (χ4v) is 4.11. The molecule has 0 fully saturated rings. The zero-order valence-electron chi connectivity index (χ0n) is 13.5. The Morgan fingerprint density at radius 1 is 0.952 bits per heavy atom. The second-order valence-electron chi connectivity index (χ2n) is 6.45. The molecule has 0 aliphatic heterocycles. The Morgan fingerprint density at radius 3 is 1.71 bits per heavy atom. The molecule has 5 heteroatoms. The van der Waals surface area contributed by atoms with Gasteiger partial charge in [-0.2, -0.15) is 0 Å². The van der Waals surface area contributed by atoms with Gasteiger partial charge in [0.25, 0.3) is 0 Å². The van der Waals surface area contributed by atoms with Crippen molar-refractivity contribution in [2.24, 2.45) is 11.8 Å². The highest BCUT2D eigenvalue weighted by atomic mass is 31.2. The van der Waals surface area contributed by atoms with E-state index in [9.17, 15) is 9.46 Å². The highest BCUT2D eigenvalue weighted by molar-refractivity contribution is 7.47. The molecule has 0 spiro atoms. The van der Waals surface area contributed by atoms with Crippen molar-refractivity contribution < 1.29 is 18.5 Å². The largest absolute Gasteiger partial charge is 0.584 e. The Bertz CT molecular complexity index is 464. The van der Waals surface area contributed by atoms with Crippen molar-refractivity contribution in [1.29, 1.82) is 0 Å². The van der Waals surface area contributed by atoms with Crippen LogP contribution in [0.25, 0.3) is 0 Å². The van der Waals surface area contributed by atoms with E-state index in [0.717, 1.165) is 49.7 Å². The van der Waals surface area contributed by atoms with Crippen LogP contribution < -0.4 is 0 Å². The molecule has 120 valence electrons. The third-order valence-corrected chi connectivity index (χ3v) is 5.79. The van der Waals surface area contributed by atoms with E-state index in [1.165, 1.54) is 0 Å². The first-order valence-corrected chi connectivity index (χ1v) is 9.41. The van der Waals surface area contributed by atoms with Crippen LogP contribution in [-0.4, -0.2) is 4.89 Å². The number of hydrogen-bond donors (Lipinski definition) is 1. The van der Waals surface area contributed by atoms with Crippen molar-refractivity contribution in [2.45, 2.75) is 66.2 Å². The molecule has 2 rings (SSSR count). The summed E-state index contributed by atoms with van der Waals surface area (Å²) >= 11 is 0. The second kappa shape index (κ2) is 6.58. The van der Waals surface area contributed by atoms with E-state index in [1.807, 2.05) is 13.8 Å². The molecule has 2 unspecified atom stereocenters. The fraction of sp³-hybridized carbons (Fsp3) is 0.750. The van der Waals surface area contributed by atoms with Gasteiger partial charge in [0, 0.05) is 12.8 Å². The standard InChI is InChI=1S/C16H27O4P/c1-11-7-5-9-15(13(11)3)19-21(17,18)20-16-10-6-8-12(2)14(16)4/h11-12H,5-10H2,1-4H3,(H,17,18). The van der Waals surface area contributed by atoms with Crippen molar-refractivity contribution in [3.05, 3.63) is 22.7 Å². The zero-order chi connectivity index (χ0) is 15.6. The van der Waals surface area contributed by atoms with Crippen LogP contribution in [-0.2, 0) is 13.6 Å². The lowest BCUT2D eigenvalue weighted by molar-refractivity contribution is 0.193. The first-order valence-electron chi connectivity index (χ1n) is 7.91. The zero-order valence-corrected chi connectivity index (χ0v) is 14.4. The predicted octanol–water partition coefficient (Wildman–Crippen LogP) is 5.31. The van der Waals surface area contributed by atoms with Crippen molar-refractivity contribution in [3.63, 3.8) is 0 Å².